The standard InChI is InChI=1S/C24H19NO5S3/c1-16-8-11-20(12-9-16)33(27,28)30-21-13-10-19(29-2)14-17(21)15-22-23(26)25(24(31)32-22)18-6-4-3-5-7-18/h3-15H,1-2H3. The number of nitrogens with zero attached hydrogens (tertiary/aromatic N) is 1. The number of carbonyl (C=O) groups is 1. The van der Waals surface area contributed by atoms with E-state index in [1.165, 1.54) is 30.2 Å². The Bertz CT molecular complexity index is 1350. The Kier molecular flexibility index (Phi) is 6.55. The van der Waals surface area contributed by atoms with Gasteiger partial charge in [0.2, 0.25) is 0 Å². The number of ether oxygens (including phenoxy) is 1. The summed E-state index contributed by atoms with van der Waals surface area (Å²) in [6, 6.07) is 20.1. The average molecular weight is 498 g/mol. The minimum atomic E-state index is -4.08. The maximum absolute atomic E-state index is 13.1. The summed E-state index contributed by atoms with van der Waals surface area (Å²) in [5.41, 5.74) is 1.96. The zero-order chi connectivity index (χ0) is 23.6. The van der Waals surface area contributed by atoms with Crippen molar-refractivity contribution >= 4 is 56.1 Å². The predicted octanol–water partition coefficient (Wildman–Crippen LogP) is 5.18. The van der Waals surface area contributed by atoms with Crippen LogP contribution < -0.4 is 13.8 Å². The molecule has 0 aliphatic carbocycles. The van der Waals surface area contributed by atoms with Crippen molar-refractivity contribution in [3.63, 3.8) is 0 Å². The van der Waals surface area contributed by atoms with Crippen molar-refractivity contribution in [3.8, 4) is 11.5 Å². The second kappa shape index (κ2) is 9.38. The van der Waals surface area contributed by atoms with Gasteiger partial charge >= 0.3 is 10.1 Å². The quantitative estimate of drug-likeness (QED) is 0.264. The van der Waals surface area contributed by atoms with Gasteiger partial charge in [0.05, 0.1) is 17.7 Å². The zero-order valence-electron chi connectivity index (χ0n) is 17.7. The summed E-state index contributed by atoms with van der Waals surface area (Å²) in [6.07, 6.45) is 1.56. The van der Waals surface area contributed by atoms with Gasteiger partial charge in [0, 0.05) is 5.56 Å². The molecule has 1 saturated heterocycles. The molecule has 168 valence electrons. The van der Waals surface area contributed by atoms with Crippen LogP contribution in [0.1, 0.15) is 11.1 Å². The Morgan fingerprint density at radius 3 is 2.36 bits per heavy atom. The van der Waals surface area contributed by atoms with Crippen LogP contribution in [-0.4, -0.2) is 25.8 Å². The highest BCUT2D eigenvalue weighted by atomic mass is 32.2. The Morgan fingerprint density at radius 2 is 1.70 bits per heavy atom. The van der Waals surface area contributed by atoms with E-state index in [1.807, 2.05) is 25.1 Å². The lowest BCUT2D eigenvalue weighted by atomic mass is 10.1. The van der Waals surface area contributed by atoms with E-state index in [2.05, 4.69) is 0 Å². The van der Waals surface area contributed by atoms with Crippen LogP contribution in [-0.2, 0) is 14.9 Å². The Labute approximate surface area is 202 Å². The third kappa shape index (κ3) is 4.95. The molecule has 33 heavy (non-hydrogen) atoms. The number of amides is 1. The molecule has 6 nitrogen and oxygen atoms in total. The first-order valence-corrected chi connectivity index (χ1v) is 12.4. The van der Waals surface area contributed by atoms with Crippen LogP contribution in [0.15, 0.2) is 82.6 Å². The minimum absolute atomic E-state index is 0.0327. The van der Waals surface area contributed by atoms with E-state index in [0.29, 0.717) is 26.2 Å². The third-order valence-electron chi connectivity index (χ3n) is 4.82. The molecular formula is C24H19NO5S3. The van der Waals surface area contributed by atoms with Crippen LogP contribution in [0.4, 0.5) is 5.69 Å². The molecular weight excluding hydrogens is 478 g/mol. The lowest BCUT2D eigenvalue weighted by molar-refractivity contribution is -0.113. The lowest BCUT2D eigenvalue weighted by Gasteiger charge is -2.14. The summed E-state index contributed by atoms with van der Waals surface area (Å²) in [5, 5.41) is 0. The Hall–Kier alpha value is -3.14. The highest BCUT2D eigenvalue weighted by Crippen LogP contribution is 2.38. The first-order valence-electron chi connectivity index (χ1n) is 9.81. The van der Waals surface area contributed by atoms with Crippen LogP contribution in [0.5, 0.6) is 11.5 Å². The largest absolute Gasteiger partial charge is 0.497 e. The van der Waals surface area contributed by atoms with Gasteiger partial charge in [0.25, 0.3) is 5.91 Å². The fraction of sp³-hybridized carbons (Fsp3) is 0.0833. The van der Waals surface area contributed by atoms with E-state index in [4.69, 9.17) is 21.1 Å². The predicted molar refractivity (Wildman–Crippen MR) is 134 cm³/mol. The van der Waals surface area contributed by atoms with Crippen molar-refractivity contribution in [2.24, 2.45) is 0 Å². The third-order valence-corrected chi connectivity index (χ3v) is 7.37. The molecule has 4 rings (SSSR count). The van der Waals surface area contributed by atoms with Crippen molar-refractivity contribution < 1.29 is 22.1 Å². The maximum atomic E-state index is 13.1. The molecule has 0 N–H and O–H groups in total. The first-order chi connectivity index (χ1) is 15.8. The van der Waals surface area contributed by atoms with Gasteiger partial charge in [-0.15, -0.1) is 0 Å². The fourth-order valence-electron chi connectivity index (χ4n) is 3.12. The number of hydrogen-bond acceptors (Lipinski definition) is 7. The number of hydrogen-bond donors (Lipinski definition) is 0. The van der Waals surface area contributed by atoms with Crippen molar-refractivity contribution in [2.45, 2.75) is 11.8 Å². The van der Waals surface area contributed by atoms with Gasteiger partial charge in [-0.2, -0.15) is 8.42 Å². The second-order valence-electron chi connectivity index (χ2n) is 7.11. The monoisotopic (exact) mass is 497 g/mol. The molecule has 0 unspecified atom stereocenters. The van der Waals surface area contributed by atoms with Crippen LogP contribution in [0.25, 0.3) is 6.08 Å². The number of thiocarbonyl (C=S) groups is 1. The van der Waals surface area contributed by atoms with Crippen molar-refractivity contribution in [3.05, 3.63) is 88.8 Å². The number of rotatable bonds is 6. The average Bonchev–Trinajstić information content (AvgIpc) is 3.08. The second-order valence-corrected chi connectivity index (χ2v) is 10.3. The van der Waals surface area contributed by atoms with Gasteiger partial charge in [-0.05, 0) is 55.5 Å². The number of carbonyl (C=O) groups excluding carboxylic acids is 1. The van der Waals surface area contributed by atoms with E-state index in [-0.39, 0.29) is 16.6 Å². The molecule has 1 fully saturated rings. The van der Waals surface area contributed by atoms with Crippen LogP contribution >= 0.6 is 24.0 Å². The summed E-state index contributed by atoms with van der Waals surface area (Å²) >= 11 is 6.54. The van der Waals surface area contributed by atoms with Gasteiger partial charge in [0.15, 0.2) is 10.1 Å². The number of benzene rings is 3. The van der Waals surface area contributed by atoms with Crippen LogP contribution in [0.2, 0.25) is 0 Å². The summed E-state index contributed by atoms with van der Waals surface area (Å²) in [6.45, 7) is 1.87. The van der Waals surface area contributed by atoms with Crippen molar-refractivity contribution in [2.75, 3.05) is 12.0 Å². The zero-order valence-corrected chi connectivity index (χ0v) is 20.2. The number of methoxy groups -OCH3 is 1. The number of thioether (sulfide) groups is 1. The summed E-state index contributed by atoms with van der Waals surface area (Å²) in [4.78, 5) is 14.9. The maximum Gasteiger partial charge on any atom is 0.339 e. The van der Waals surface area contributed by atoms with E-state index >= 15 is 0 Å². The molecule has 0 atom stereocenters. The normalized spacial score (nSPS) is 15.2. The van der Waals surface area contributed by atoms with E-state index in [0.717, 1.165) is 17.3 Å². The SMILES string of the molecule is COc1ccc(OS(=O)(=O)c2ccc(C)cc2)c(C=C2SC(=S)N(c3ccccc3)C2=O)c1. The highest BCUT2D eigenvalue weighted by molar-refractivity contribution is 8.27. The van der Waals surface area contributed by atoms with Gasteiger partial charge in [-0.1, -0.05) is 59.9 Å². The number of para-hydroxylation sites is 1. The molecule has 0 aromatic heterocycles. The molecule has 3 aromatic rings. The van der Waals surface area contributed by atoms with Crippen LogP contribution in [0.3, 0.4) is 0 Å². The molecule has 1 heterocycles. The minimum Gasteiger partial charge on any atom is -0.497 e. The van der Waals surface area contributed by atoms with Crippen molar-refractivity contribution in [1.29, 1.82) is 0 Å². The molecule has 1 aliphatic heterocycles. The molecule has 0 radical (unpaired) electrons. The van der Waals surface area contributed by atoms with E-state index < -0.39 is 10.1 Å². The summed E-state index contributed by atoms with van der Waals surface area (Å²) in [5.74, 6) is 0.257. The molecule has 0 saturated carbocycles. The van der Waals surface area contributed by atoms with E-state index in [1.54, 1.807) is 42.5 Å². The Morgan fingerprint density at radius 1 is 1.00 bits per heavy atom. The van der Waals surface area contributed by atoms with Gasteiger partial charge in [-0.25, -0.2) is 0 Å². The molecule has 9 heteroatoms. The van der Waals surface area contributed by atoms with Crippen molar-refractivity contribution in [1.82, 2.24) is 0 Å². The number of anilines is 1. The van der Waals surface area contributed by atoms with Crippen LogP contribution in [0, 0.1) is 6.92 Å². The van der Waals surface area contributed by atoms with E-state index in [9.17, 15) is 13.2 Å². The lowest BCUT2D eigenvalue weighted by Crippen LogP contribution is -2.27. The smallest absolute Gasteiger partial charge is 0.339 e. The van der Waals surface area contributed by atoms with Gasteiger partial charge < -0.3 is 8.92 Å². The summed E-state index contributed by atoms with van der Waals surface area (Å²) in [7, 11) is -2.58. The topological polar surface area (TPSA) is 72.9 Å². The fourth-order valence-corrected chi connectivity index (χ4v) is 5.37. The highest BCUT2D eigenvalue weighted by Gasteiger charge is 2.33. The summed E-state index contributed by atoms with van der Waals surface area (Å²) < 4.78 is 36.8. The molecule has 3 aromatic carbocycles. The Balaban J connectivity index is 1.71. The molecule has 1 amide bonds. The van der Waals surface area contributed by atoms with Gasteiger partial charge in [-0.3, -0.25) is 9.69 Å². The molecule has 0 bridgehead atoms. The molecule has 1 aliphatic rings. The molecule has 0 spiro atoms. The first kappa shape index (κ1) is 23.0. The number of aryl methyl sites for hydroxylation is 1. The van der Waals surface area contributed by atoms with Gasteiger partial charge in [0.1, 0.15) is 10.6 Å².